The highest BCUT2D eigenvalue weighted by atomic mass is 35.5. The molecule has 1 aromatic carbocycles. The van der Waals surface area contributed by atoms with Gasteiger partial charge in [0, 0.05) is 5.88 Å². The van der Waals surface area contributed by atoms with Crippen molar-refractivity contribution in [3.8, 4) is 5.75 Å². The second-order valence-electron chi connectivity index (χ2n) is 6.09. The molecule has 0 aromatic heterocycles. The molecule has 1 fully saturated rings. The number of rotatable bonds is 3. The van der Waals surface area contributed by atoms with Gasteiger partial charge in [0.15, 0.2) is 0 Å². The summed E-state index contributed by atoms with van der Waals surface area (Å²) < 4.78 is 0. The predicted molar refractivity (Wildman–Crippen MR) is 81.4 cm³/mol. The number of carbonyl (C=O) groups excluding carboxylic acids is 1. The van der Waals surface area contributed by atoms with Crippen molar-refractivity contribution < 1.29 is 9.90 Å². The summed E-state index contributed by atoms with van der Waals surface area (Å²) in [5, 5.41) is 12.9. The molecule has 2 unspecified atom stereocenters. The molecule has 0 bridgehead atoms. The van der Waals surface area contributed by atoms with E-state index in [1.807, 2.05) is 6.92 Å². The van der Waals surface area contributed by atoms with Crippen LogP contribution in [0.4, 0.5) is 0 Å². The Bertz CT molecular complexity index is 503. The molecule has 0 aliphatic heterocycles. The van der Waals surface area contributed by atoms with E-state index in [1.165, 1.54) is 6.42 Å². The van der Waals surface area contributed by atoms with Gasteiger partial charge in [-0.3, -0.25) is 4.79 Å². The van der Waals surface area contributed by atoms with E-state index in [0.29, 0.717) is 17.4 Å². The maximum absolute atomic E-state index is 12.4. The van der Waals surface area contributed by atoms with Crippen LogP contribution in [0.2, 0.25) is 0 Å². The van der Waals surface area contributed by atoms with E-state index in [4.69, 9.17) is 11.6 Å². The van der Waals surface area contributed by atoms with Crippen molar-refractivity contribution in [3.05, 3.63) is 29.3 Å². The largest absolute Gasteiger partial charge is 0.507 e. The van der Waals surface area contributed by atoms with E-state index in [0.717, 1.165) is 24.8 Å². The fraction of sp³-hybridized carbons (Fsp3) is 0.562. The summed E-state index contributed by atoms with van der Waals surface area (Å²) in [7, 11) is 0. The van der Waals surface area contributed by atoms with Crippen molar-refractivity contribution in [2.24, 2.45) is 5.92 Å². The number of phenolic OH excluding ortho intramolecular Hbond substituents is 1. The van der Waals surface area contributed by atoms with E-state index in [1.54, 1.807) is 18.2 Å². The third-order valence-corrected chi connectivity index (χ3v) is 4.63. The minimum Gasteiger partial charge on any atom is -0.507 e. The zero-order valence-corrected chi connectivity index (χ0v) is 12.8. The van der Waals surface area contributed by atoms with Crippen LogP contribution in [0, 0.1) is 12.8 Å². The zero-order chi connectivity index (χ0) is 14.8. The van der Waals surface area contributed by atoms with Gasteiger partial charge in [-0.1, -0.05) is 31.4 Å². The second-order valence-corrected chi connectivity index (χ2v) is 6.36. The highest BCUT2D eigenvalue weighted by molar-refractivity contribution is 6.19. The van der Waals surface area contributed by atoms with Gasteiger partial charge < -0.3 is 10.4 Å². The van der Waals surface area contributed by atoms with E-state index in [2.05, 4.69) is 12.2 Å². The molecular formula is C16H22ClNO2. The first-order valence-electron chi connectivity index (χ1n) is 7.14. The smallest absolute Gasteiger partial charge is 0.255 e. The number of carbonyl (C=O) groups is 1. The lowest BCUT2D eigenvalue weighted by Gasteiger charge is -2.39. The van der Waals surface area contributed by atoms with Crippen LogP contribution in [-0.4, -0.2) is 22.4 Å². The van der Waals surface area contributed by atoms with Gasteiger partial charge in [-0.05, 0) is 37.8 Å². The van der Waals surface area contributed by atoms with Crippen molar-refractivity contribution >= 4 is 17.5 Å². The minimum atomic E-state index is -0.341. The molecule has 1 aliphatic carbocycles. The molecule has 0 spiro atoms. The molecule has 2 rings (SSSR count). The Morgan fingerprint density at radius 3 is 2.95 bits per heavy atom. The molecule has 3 nitrogen and oxygen atoms in total. The average Bonchev–Trinajstić information content (AvgIpc) is 2.41. The summed E-state index contributed by atoms with van der Waals surface area (Å²) in [4.78, 5) is 12.4. The van der Waals surface area contributed by atoms with Crippen LogP contribution in [0.3, 0.4) is 0 Å². The van der Waals surface area contributed by atoms with E-state index in [-0.39, 0.29) is 17.2 Å². The molecule has 1 amide bonds. The third-order valence-electron chi connectivity index (χ3n) is 4.12. The summed E-state index contributed by atoms with van der Waals surface area (Å²) in [5.74, 6) is 0.756. The molecule has 0 heterocycles. The van der Waals surface area contributed by atoms with Gasteiger partial charge in [0.1, 0.15) is 5.75 Å². The van der Waals surface area contributed by atoms with Gasteiger partial charge in [-0.25, -0.2) is 0 Å². The number of phenols is 1. The van der Waals surface area contributed by atoms with Gasteiger partial charge in [0.2, 0.25) is 0 Å². The summed E-state index contributed by atoms with van der Waals surface area (Å²) in [5.41, 5.74) is 0.935. The van der Waals surface area contributed by atoms with Gasteiger partial charge in [-0.2, -0.15) is 0 Å². The monoisotopic (exact) mass is 295 g/mol. The Hall–Kier alpha value is -1.22. The first kappa shape index (κ1) is 15.2. The zero-order valence-electron chi connectivity index (χ0n) is 12.1. The number of hydrogen-bond donors (Lipinski definition) is 2. The molecule has 2 N–H and O–H groups in total. The van der Waals surface area contributed by atoms with Crippen LogP contribution >= 0.6 is 11.6 Å². The van der Waals surface area contributed by atoms with Crippen molar-refractivity contribution in [2.75, 3.05) is 5.88 Å². The standard InChI is InChI=1S/C16H22ClNO2/c1-11-5-6-14(19)13(8-11)15(20)18-16(10-17)7-3-4-12(2)9-16/h5-6,8,12,19H,3-4,7,9-10H2,1-2H3,(H,18,20). The lowest BCUT2D eigenvalue weighted by Crippen LogP contribution is -2.52. The fourth-order valence-corrected chi connectivity index (χ4v) is 3.38. The number of alkyl halides is 1. The van der Waals surface area contributed by atoms with Crippen LogP contribution < -0.4 is 5.32 Å². The van der Waals surface area contributed by atoms with Gasteiger partial charge in [0.05, 0.1) is 11.1 Å². The van der Waals surface area contributed by atoms with Crippen molar-refractivity contribution in [3.63, 3.8) is 0 Å². The van der Waals surface area contributed by atoms with Gasteiger partial charge in [-0.15, -0.1) is 11.6 Å². The van der Waals surface area contributed by atoms with Crippen molar-refractivity contribution in [1.29, 1.82) is 0 Å². The van der Waals surface area contributed by atoms with E-state index in [9.17, 15) is 9.90 Å². The Morgan fingerprint density at radius 1 is 1.55 bits per heavy atom. The number of halogens is 1. The van der Waals surface area contributed by atoms with Crippen molar-refractivity contribution in [1.82, 2.24) is 5.32 Å². The number of aryl methyl sites for hydroxylation is 1. The molecule has 1 aliphatic rings. The fourth-order valence-electron chi connectivity index (χ4n) is 3.07. The van der Waals surface area contributed by atoms with Crippen molar-refractivity contribution in [2.45, 2.75) is 45.1 Å². The second kappa shape index (κ2) is 6.04. The minimum absolute atomic E-state index is 0.0154. The Morgan fingerprint density at radius 2 is 2.30 bits per heavy atom. The first-order valence-corrected chi connectivity index (χ1v) is 7.67. The highest BCUT2D eigenvalue weighted by Crippen LogP contribution is 2.33. The Kier molecular flexibility index (Phi) is 4.59. The molecular weight excluding hydrogens is 274 g/mol. The molecule has 1 saturated carbocycles. The van der Waals surface area contributed by atoms with E-state index < -0.39 is 0 Å². The summed E-state index contributed by atoms with van der Waals surface area (Å²) in [6.07, 6.45) is 4.06. The van der Waals surface area contributed by atoms with Crippen LogP contribution in [0.15, 0.2) is 18.2 Å². The SMILES string of the molecule is Cc1ccc(O)c(C(=O)NC2(CCl)CCCC(C)C2)c1. The molecule has 110 valence electrons. The van der Waals surface area contributed by atoms with E-state index >= 15 is 0 Å². The number of benzene rings is 1. The lowest BCUT2D eigenvalue weighted by molar-refractivity contribution is 0.0864. The molecule has 1 aromatic rings. The molecule has 4 heteroatoms. The molecule has 20 heavy (non-hydrogen) atoms. The number of aromatic hydroxyl groups is 1. The van der Waals surface area contributed by atoms with Gasteiger partial charge in [0.25, 0.3) is 5.91 Å². The van der Waals surface area contributed by atoms with Crippen LogP contribution in [0.25, 0.3) is 0 Å². The maximum atomic E-state index is 12.4. The molecule has 0 radical (unpaired) electrons. The summed E-state index contributed by atoms with van der Waals surface area (Å²) >= 11 is 6.13. The number of hydrogen-bond acceptors (Lipinski definition) is 2. The topological polar surface area (TPSA) is 49.3 Å². The average molecular weight is 296 g/mol. The van der Waals surface area contributed by atoms with Crippen LogP contribution in [-0.2, 0) is 0 Å². The molecule has 2 atom stereocenters. The summed E-state index contributed by atoms with van der Waals surface area (Å²) in [6, 6.07) is 5.05. The quantitative estimate of drug-likeness (QED) is 0.837. The van der Waals surface area contributed by atoms with Crippen LogP contribution in [0.1, 0.15) is 48.5 Å². The number of nitrogens with one attached hydrogen (secondary N) is 1. The Balaban J connectivity index is 2.19. The summed E-state index contributed by atoms with van der Waals surface area (Å²) in [6.45, 7) is 4.09. The lowest BCUT2D eigenvalue weighted by atomic mass is 9.77. The highest BCUT2D eigenvalue weighted by Gasteiger charge is 2.36. The van der Waals surface area contributed by atoms with Gasteiger partial charge >= 0.3 is 0 Å². The Labute approximate surface area is 125 Å². The number of amides is 1. The maximum Gasteiger partial charge on any atom is 0.255 e. The first-order chi connectivity index (χ1) is 9.46. The van der Waals surface area contributed by atoms with Crippen LogP contribution in [0.5, 0.6) is 5.75 Å². The third kappa shape index (κ3) is 3.26. The predicted octanol–water partition coefficient (Wildman–Crippen LogP) is 3.62. The normalized spacial score (nSPS) is 26.2. The molecule has 0 saturated heterocycles.